The van der Waals surface area contributed by atoms with Crippen molar-refractivity contribution in [2.45, 2.75) is 33.0 Å². The molecule has 0 saturated heterocycles. The first kappa shape index (κ1) is 18.7. The van der Waals surface area contributed by atoms with Gasteiger partial charge in [0.25, 0.3) is 0 Å². The van der Waals surface area contributed by atoms with Gasteiger partial charge in [0.05, 0.1) is 12.6 Å². The molecule has 0 aliphatic rings. The molecule has 5 nitrogen and oxygen atoms in total. The van der Waals surface area contributed by atoms with E-state index in [1.54, 1.807) is 6.20 Å². The Morgan fingerprint density at radius 1 is 1.04 bits per heavy atom. The van der Waals surface area contributed by atoms with Gasteiger partial charge in [-0.25, -0.2) is 4.79 Å². The largest absolute Gasteiger partial charge is 0.334 e. The Labute approximate surface area is 160 Å². The summed E-state index contributed by atoms with van der Waals surface area (Å²) < 4.78 is 1.88. The Morgan fingerprint density at radius 2 is 1.81 bits per heavy atom. The monoisotopic (exact) mass is 362 g/mol. The molecule has 1 unspecified atom stereocenters. The summed E-state index contributed by atoms with van der Waals surface area (Å²) in [4.78, 5) is 12.4. The van der Waals surface area contributed by atoms with E-state index < -0.39 is 0 Å². The number of nitrogens with zero attached hydrogens (tertiary/aromatic N) is 2. The zero-order valence-corrected chi connectivity index (χ0v) is 15.8. The Morgan fingerprint density at radius 3 is 2.52 bits per heavy atom. The first-order valence-corrected chi connectivity index (χ1v) is 9.26. The smallest absolute Gasteiger partial charge is 0.315 e. The van der Waals surface area contributed by atoms with Gasteiger partial charge in [-0.3, -0.25) is 4.68 Å². The average Bonchev–Trinajstić information content (AvgIpc) is 3.18. The predicted octanol–water partition coefficient (Wildman–Crippen LogP) is 4.13. The third kappa shape index (κ3) is 5.45. The summed E-state index contributed by atoms with van der Waals surface area (Å²) >= 11 is 0. The number of hydrogen-bond donors (Lipinski definition) is 2. The molecule has 0 radical (unpaired) electrons. The molecule has 2 amide bonds. The molecule has 1 heterocycles. The Balaban J connectivity index is 1.57. The molecule has 0 spiro atoms. The van der Waals surface area contributed by atoms with E-state index in [9.17, 15) is 4.79 Å². The number of aromatic nitrogens is 2. The lowest BCUT2D eigenvalue weighted by atomic mass is 9.96. The summed E-state index contributed by atoms with van der Waals surface area (Å²) in [6.45, 7) is 5.42. The molecule has 27 heavy (non-hydrogen) atoms. The SMILES string of the molecule is CC(C)C(NC(=O)NCc1cccc(Cn2cccn2)c1)c1ccccc1. The summed E-state index contributed by atoms with van der Waals surface area (Å²) in [6.07, 6.45) is 3.71. The molecular weight excluding hydrogens is 336 g/mol. The molecule has 0 bridgehead atoms. The van der Waals surface area contributed by atoms with Gasteiger partial charge in [0, 0.05) is 18.9 Å². The van der Waals surface area contributed by atoms with Crippen molar-refractivity contribution < 1.29 is 4.79 Å². The number of benzene rings is 2. The quantitative estimate of drug-likeness (QED) is 0.664. The summed E-state index contributed by atoms with van der Waals surface area (Å²) in [6, 6.07) is 20.0. The predicted molar refractivity (Wildman–Crippen MR) is 107 cm³/mol. The van der Waals surface area contributed by atoms with Crippen LogP contribution in [0, 0.1) is 5.92 Å². The zero-order chi connectivity index (χ0) is 19.1. The molecule has 3 rings (SSSR count). The maximum atomic E-state index is 12.4. The van der Waals surface area contributed by atoms with Crippen LogP contribution in [0.3, 0.4) is 0 Å². The lowest BCUT2D eigenvalue weighted by molar-refractivity contribution is 0.232. The fourth-order valence-electron chi connectivity index (χ4n) is 3.09. The molecule has 0 saturated carbocycles. The molecule has 0 aliphatic carbocycles. The molecule has 3 aromatic rings. The van der Waals surface area contributed by atoms with Crippen molar-refractivity contribution in [3.63, 3.8) is 0 Å². The second kappa shape index (κ2) is 9.03. The highest BCUT2D eigenvalue weighted by Gasteiger charge is 2.17. The van der Waals surface area contributed by atoms with Gasteiger partial charge >= 0.3 is 6.03 Å². The summed E-state index contributed by atoms with van der Waals surface area (Å²) in [5.41, 5.74) is 3.34. The fourth-order valence-corrected chi connectivity index (χ4v) is 3.09. The summed E-state index contributed by atoms with van der Waals surface area (Å²) in [7, 11) is 0. The van der Waals surface area contributed by atoms with Gasteiger partial charge in [-0.1, -0.05) is 68.4 Å². The number of urea groups is 1. The summed E-state index contributed by atoms with van der Waals surface area (Å²) in [5, 5.41) is 10.3. The van der Waals surface area contributed by atoms with Crippen molar-refractivity contribution in [1.29, 1.82) is 0 Å². The van der Waals surface area contributed by atoms with Gasteiger partial charge in [0.1, 0.15) is 0 Å². The van der Waals surface area contributed by atoms with Crippen LogP contribution in [0.2, 0.25) is 0 Å². The van der Waals surface area contributed by atoms with Crippen LogP contribution >= 0.6 is 0 Å². The third-order valence-electron chi connectivity index (χ3n) is 4.46. The highest BCUT2D eigenvalue weighted by molar-refractivity contribution is 5.74. The molecule has 1 atom stereocenters. The third-order valence-corrected chi connectivity index (χ3v) is 4.46. The first-order chi connectivity index (χ1) is 13.1. The van der Waals surface area contributed by atoms with Crippen molar-refractivity contribution >= 4 is 6.03 Å². The van der Waals surface area contributed by atoms with Crippen molar-refractivity contribution in [3.05, 3.63) is 89.7 Å². The molecular formula is C22H26N4O. The van der Waals surface area contributed by atoms with Gasteiger partial charge in [0.15, 0.2) is 0 Å². The average molecular weight is 362 g/mol. The summed E-state index contributed by atoms with van der Waals surface area (Å²) in [5.74, 6) is 0.301. The number of hydrogen-bond acceptors (Lipinski definition) is 2. The number of rotatable bonds is 7. The molecule has 0 aliphatic heterocycles. The van der Waals surface area contributed by atoms with E-state index in [1.807, 2.05) is 59.4 Å². The fraction of sp³-hybridized carbons (Fsp3) is 0.273. The van der Waals surface area contributed by atoms with E-state index in [-0.39, 0.29) is 12.1 Å². The Bertz CT molecular complexity index is 844. The van der Waals surface area contributed by atoms with Gasteiger partial charge < -0.3 is 10.6 Å². The van der Waals surface area contributed by atoms with Gasteiger partial charge in [-0.05, 0) is 28.7 Å². The lowest BCUT2D eigenvalue weighted by Crippen LogP contribution is -2.39. The van der Waals surface area contributed by atoms with E-state index in [0.29, 0.717) is 12.5 Å². The number of amides is 2. The van der Waals surface area contributed by atoms with Gasteiger partial charge in [-0.15, -0.1) is 0 Å². The highest BCUT2D eigenvalue weighted by atomic mass is 16.2. The van der Waals surface area contributed by atoms with E-state index in [1.165, 1.54) is 0 Å². The van der Waals surface area contributed by atoms with Crippen LogP contribution in [-0.4, -0.2) is 15.8 Å². The van der Waals surface area contributed by atoms with Crippen molar-refractivity contribution in [1.82, 2.24) is 20.4 Å². The second-order valence-corrected chi connectivity index (χ2v) is 6.98. The van der Waals surface area contributed by atoms with Crippen LogP contribution < -0.4 is 10.6 Å². The topological polar surface area (TPSA) is 59.0 Å². The van der Waals surface area contributed by atoms with Crippen LogP contribution in [0.4, 0.5) is 4.79 Å². The molecule has 0 fully saturated rings. The molecule has 2 N–H and O–H groups in total. The normalized spacial score (nSPS) is 12.0. The van der Waals surface area contributed by atoms with Crippen LogP contribution in [0.25, 0.3) is 0 Å². The highest BCUT2D eigenvalue weighted by Crippen LogP contribution is 2.21. The maximum absolute atomic E-state index is 12.4. The minimum atomic E-state index is -0.157. The van der Waals surface area contributed by atoms with Crippen LogP contribution in [0.15, 0.2) is 73.1 Å². The van der Waals surface area contributed by atoms with Crippen molar-refractivity contribution in [2.75, 3.05) is 0 Å². The maximum Gasteiger partial charge on any atom is 0.315 e. The standard InChI is InChI=1S/C22H26N4O/c1-17(2)21(20-10-4-3-5-11-20)25-22(27)23-15-18-8-6-9-19(14-18)16-26-13-7-12-24-26/h3-14,17,21H,15-16H2,1-2H3,(H2,23,25,27). The first-order valence-electron chi connectivity index (χ1n) is 9.26. The lowest BCUT2D eigenvalue weighted by Gasteiger charge is -2.23. The van der Waals surface area contributed by atoms with Gasteiger partial charge in [-0.2, -0.15) is 5.10 Å². The van der Waals surface area contributed by atoms with Crippen LogP contribution in [0.5, 0.6) is 0 Å². The number of carbonyl (C=O) groups excluding carboxylic acids is 1. The van der Waals surface area contributed by atoms with Crippen molar-refractivity contribution in [2.24, 2.45) is 5.92 Å². The van der Waals surface area contributed by atoms with E-state index >= 15 is 0 Å². The molecule has 1 aromatic heterocycles. The minimum absolute atomic E-state index is 0.0163. The molecule has 140 valence electrons. The number of carbonyl (C=O) groups is 1. The van der Waals surface area contributed by atoms with Crippen LogP contribution in [0.1, 0.15) is 36.6 Å². The second-order valence-electron chi connectivity index (χ2n) is 6.98. The minimum Gasteiger partial charge on any atom is -0.334 e. The number of nitrogens with one attached hydrogen (secondary N) is 2. The Kier molecular flexibility index (Phi) is 6.26. The molecule has 2 aromatic carbocycles. The molecule has 5 heteroatoms. The zero-order valence-electron chi connectivity index (χ0n) is 15.8. The van der Waals surface area contributed by atoms with Crippen LogP contribution in [-0.2, 0) is 13.1 Å². The van der Waals surface area contributed by atoms with Crippen molar-refractivity contribution in [3.8, 4) is 0 Å². The van der Waals surface area contributed by atoms with Gasteiger partial charge in [0.2, 0.25) is 0 Å². The Hall–Kier alpha value is -3.08. The van der Waals surface area contributed by atoms with E-state index in [2.05, 4.69) is 41.7 Å². The van der Waals surface area contributed by atoms with E-state index in [0.717, 1.165) is 23.2 Å². The van der Waals surface area contributed by atoms with E-state index in [4.69, 9.17) is 0 Å².